The molecule has 104 valence electrons. The van der Waals surface area contributed by atoms with Gasteiger partial charge >= 0.3 is 0 Å². The molecule has 0 unspecified atom stereocenters. The monoisotopic (exact) mass is 278 g/mol. The standard InChI is InChI=1S/C15H22N2OS/c1-2-12(16)15(18)17-13-9-5-6-10-14(13)19-11-7-3-4-8-11/h5-6,9-12H,2-4,7-8,16H2,1H3,(H,17,18)/t12-/m0/s1. The topological polar surface area (TPSA) is 55.1 Å². The van der Waals surface area contributed by atoms with Crippen LogP contribution in [-0.2, 0) is 4.79 Å². The molecule has 0 spiro atoms. The van der Waals surface area contributed by atoms with E-state index < -0.39 is 6.04 Å². The molecule has 3 nitrogen and oxygen atoms in total. The third-order valence-corrected chi connectivity index (χ3v) is 4.93. The number of amides is 1. The van der Waals surface area contributed by atoms with Gasteiger partial charge in [-0.1, -0.05) is 31.9 Å². The SMILES string of the molecule is CC[C@H](N)C(=O)Nc1ccccc1SC1CCCC1. The first-order valence-electron chi connectivity index (χ1n) is 7.03. The third-order valence-electron chi connectivity index (χ3n) is 3.52. The van der Waals surface area contributed by atoms with Crippen molar-refractivity contribution in [2.45, 2.75) is 55.2 Å². The summed E-state index contributed by atoms with van der Waals surface area (Å²) in [5.74, 6) is -0.0954. The number of rotatable bonds is 5. The number of hydrogen-bond acceptors (Lipinski definition) is 3. The predicted molar refractivity (Wildman–Crippen MR) is 81.5 cm³/mol. The molecule has 0 aliphatic heterocycles. The Labute approximate surface area is 119 Å². The van der Waals surface area contributed by atoms with Crippen LogP contribution >= 0.6 is 11.8 Å². The van der Waals surface area contributed by atoms with Crippen molar-refractivity contribution >= 4 is 23.4 Å². The fourth-order valence-corrected chi connectivity index (χ4v) is 3.60. The Bertz CT molecular complexity index is 430. The zero-order chi connectivity index (χ0) is 13.7. The highest BCUT2D eigenvalue weighted by atomic mass is 32.2. The number of carbonyl (C=O) groups is 1. The first-order valence-corrected chi connectivity index (χ1v) is 7.90. The zero-order valence-electron chi connectivity index (χ0n) is 11.4. The van der Waals surface area contributed by atoms with Crippen LogP contribution in [0.4, 0.5) is 5.69 Å². The maximum atomic E-state index is 11.9. The molecule has 1 fully saturated rings. The molecule has 1 amide bonds. The molecule has 2 rings (SSSR count). The van der Waals surface area contributed by atoms with Gasteiger partial charge in [0.1, 0.15) is 0 Å². The molecule has 1 aromatic rings. The van der Waals surface area contributed by atoms with Gasteiger partial charge in [0.05, 0.1) is 11.7 Å². The molecule has 0 radical (unpaired) electrons. The van der Waals surface area contributed by atoms with E-state index in [1.54, 1.807) is 0 Å². The summed E-state index contributed by atoms with van der Waals surface area (Å²) in [6, 6.07) is 7.58. The van der Waals surface area contributed by atoms with Crippen LogP contribution in [0.25, 0.3) is 0 Å². The van der Waals surface area contributed by atoms with Gasteiger partial charge in [-0.3, -0.25) is 4.79 Å². The highest BCUT2D eigenvalue weighted by Gasteiger charge is 2.19. The number of thioether (sulfide) groups is 1. The van der Waals surface area contributed by atoms with Crippen molar-refractivity contribution in [2.24, 2.45) is 5.73 Å². The first kappa shape index (κ1) is 14.4. The van der Waals surface area contributed by atoms with Gasteiger partial charge in [0.25, 0.3) is 0 Å². The highest BCUT2D eigenvalue weighted by Crippen LogP contribution is 2.37. The smallest absolute Gasteiger partial charge is 0.241 e. The van der Waals surface area contributed by atoms with Crippen LogP contribution in [0.3, 0.4) is 0 Å². The average molecular weight is 278 g/mol. The Morgan fingerprint density at radius 1 is 1.42 bits per heavy atom. The summed E-state index contributed by atoms with van der Waals surface area (Å²) in [6.07, 6.45) is 5.87. The van der Waals surface area contributed by atoms with Gasteiger partial charge in [0.2, 0.25) is 5.91 Å². The molecular formula is C15H22N2OS. The second-order valence-corrected chi connectivity index (χ2v) is 6.37. The van der Waals surface area contributed by atoms with Crippen molar-refractivity contribution in [1.82, 2.24) is 0 Å². The molecule has 4 heteroatoms. The van der Waals surface area contributed by atoms with E-state index in [1.807, 2.05) is 36.9 Å². The Morgan fingerprint density at radius 2 is 2.11 bits per heavy atom. The van der Waals surface area contributed by atoms with Crippen LogP contribution < -0.4 is 11.1 Å². The van der Waals surface area contributed by atoms with E-state index in [4.69, 9.17) is 5.73 Å². The lowest BCUT2D eigenvalue weighted by Gasteiger charge is -2.15. The molecule has 1 aliphatic carbocycles. The molecule has 0 bridgehead atoms. The van der Waals surface area contributed by atoms with Crippen LogP contribution in [0.1, 0.15) is 39.0 Å². The summed E-state index contributed by atoms with van der Waals surface area (Å²) < 4.78 is 0. The predicted octanol–water partition coefficient (Wildman–Crippen LogP) is 3.40. The summed E-state index contributed by atoms with van der Waals surface area (Å²) in [5, 5.41) is 3.64. The summed E-state index contributed by atoms with van der Waals surface area (Å²) >= 11 is 1.88. The van der Waals surface area contributed by atoms with Crippen LogP contribution in [0, 0.1) is 0 Å². The number of hydrogen-bond donors (Lipinski definition) is 2. The molecule has 3 N–H and O–H groups in total. The maximum Gasteiger partial charge on any atom is 0.241 e. The Hall–Kier alpha value is -1.00. The molecule has 0 aromatic heterocycles. The minimum atomic E-state index is -0.426. The van der Waals surface area contributed by atoms with Crippen molar-refractivity contribution in [1.29, 1.82) is 0 Å². The number of nitrogens with one attached hydrogen (secondary N) is 1. The minimum Gasteiger partial charge on any atom is -0.324 e. The fourth-order valence-electron chi connectivity index (χ4n) is 2.27. The minimum absolute atomic E-state index is 0.0954. The Kier molecular flexibility index (Phi) is 5.28. The molecule has 19 heavy (non-hydrogen) atoms. The second kappa shape index (κ2) is 6.96. The molecule has 1 aliphatic rings. The zero-order valence-corrected chi connectivity index (χ0v) is 12.2. The lowest BCUT2D eigenvalue weighted by Crippen LogP contribution is -2.34. The normalized spacial score (nSPS) is 17.4. The molecule has 0 heterocycles. The van der Waals surface area contributed by atoms with Crippen molar-refractivity contribution in [3.63, 3.8) is 0 Å². The van der Waals surface area contributed by atoms with E-state index in [2.05, 4.69) is 11.4 Å². The molecule has 1 saturated carbocycles. The van der Waals surface area contributed by atoms with Gasteiger partial charge in [-0.25, -0.2) is 0 Å². The van der Waals surface area contributed by atoms with E-state index in [1.165, 1.54) is 25.7 Å². The Balaban J connectivity index is 2.05. The van der Waals surface area contributed by atoms with Crippen molar-refractivity contribution in [2.75, 3.05) is 5.32 Å². The van der Waals surface area contributed by atoms with Gasteiger partial charge in [-0.05, 0) is 31.4 Å². The lowest BCUT2D eigenvalue weighted by molar-refractivity contribution is -0.117. The highest BCUT2D eigenvalue weighted by molar-refractivity contribution is 8.00. The molecular weight excluding hydrogens is 256 g/mol. The maximum absolute atomic E-state index is 11.9. The lowest BCUT2D eigenvalue weighted by atomic mass is 10.2. The second-order valence-electron chi connectivity index (χ2n) is 5.02. The molecule has 0 saturated heterocycles. The fraction of sp³-hybridized carbons (Fsp3) is 0.533. The van der Waals surface area contributed by atoms with Crippen molar-refractivity contribution in [3.05, 3.63) is 24.3 Å². The van der Waals surface area contributed by atoms with Crippen molar-refractivity contribution < 1.29 is 4.79 Å². The van der Waals surface area contributed by atoms with E-state index in [0.29, 0.717) is 11.7 Å². The summed E-state index contributed by atoms with van der Waals surface area (Å²) in [6.45, 7) is 1.92. The van der Waals surface area contributed by atoms with Crippen LogP contribution in [0.5, 0.6) is 0 Å². The van der Waals surface area contributed by atoms with Crippen molar-refractivity contribution in [3.8, 4) is 0 Å². The van der Waals surface area contributed by atoms with Gasteiger partial charge in [0.15, 0.2) is 0 Å². The average Bonchev–Trinajstić information content (AvgIpc) is 2.93. The molecule has 1 aromatic carbocycles. The quantitative estimate of drug-likeness (QED) is 0.868. The largest absolute Gasteiger partial charge is 0.324 e. The van der Waals surface area contributed by atoms with Gasteiger partial charge in [-0.15, -0.1) is 11.8 Å². The van der Waals surface area contributed by atoms with Crippen LogP contribution in [0.15, 0.2) is 29.2 Å². The first-order chi connectivity index (χ1) is 9.20. The number of carbonyl (C=O) groups excluding carboxylic acids is 1. The number of para-hydroxylation sites is 1. The number of benzene rings is 1. The van der Waals surface area contributed by atoms with Crippen LogP contribution in [-0.4, -0.2) is 17.2 Å². The summed E-state index contributed by atoms with van der Waals surface area (Å²) in [5.41, 5.74) is 6.66. The van der Waals surface area contributed by atoms with E-state index >= 15 is 0 Å². The summed E-state index contributed by atoms with van der Waals surface area (Å²) in [7, 11) is 0. The van der Waals surface area contributed by atoms with Gasteiger partial charge in [0, 0.05) is 10.1 Å². The Morgan fingerprint density at radius 3 is 2.79 bits per heavy atom. The summed E-state index contributed by atoms with van der Waals surface area (Å²) in [4.78, 5) is 13.0. The number of nitrogens with two attached hydrogens (primary N) is 1. The van der Waals surface area contributed by atoms with E-state index in [0.717, 1.165) is 10.6 Å². The third kappa shape index (κ3) is 3.98. The van der Waals surface area contributed by atoms with E-state index in [-0.39, 0.29) is 5.91 Å². The van der Waals surface area contributed by atoms with E-state index in [9.17, 15) is 4.79 Å². The molecule has 1 atom stereocenters. The van der Waals surface area contributed by atoms with Gasteiger partial charge in [-0.2, -0.15) is 0 Å². The van der Waals surface area contributed by atoms with Gasteiger partial charge < -0.3 is 11.1 Å². The number of anilines is 1. The van der Waals surface area contributed by atoms with Crippen LogP contribution in [0.2, 0.25) is 0 Å².